The minimum absolute atomic E-state index is 0.177. The lowest BCUT2D eigenvalue weighted by molar-refractivity contribution is 0.0947. The number of aromatic nitrogens is 3. The minimum atomic E-state index is -0.343. The number of carbonyl (C=O) groups excluding carboxylic acids is 1. The Labute approximate surface area is 138 Å². The van der Waals surface area contributed by atoms with Gasteiger partial charge >= 0.3 is 0 Å². The molecule has 5 nitrogen and oxygen atoms in total. The number of aromatic amines is 1. The Kier molecular flexibility index (Phi) is 4.65. The highest BCUT2D eigenvalue weighted by atomic mass is 19.1. The van der Waals surface area contributed by atoms with Crippen molar-refractivity contribution in [3.8, 4) is 11.3 Å². The fraction of sp³-hybridized carbons (Fsp3) is 0.167. The van der Waals surface area contributed by atoms with E-state index in [0.717, 1.165) is 5.56 Å². The van der Waals surface area contributed by atoms with Crippen LogP contribution >= 0.6 is 0 Å². The molecule has 3 aromatic rings. The van der Waals surface area contributed by atoms with E-state index in [1.807, 2.05) is 37.3 Å². The maximum atomic E-state index is 13.0. The normalized spacial score (nSPS) is 11.9. The summed E-state index contributed by atoms with van der Waals surface area (Å²) in [6, 6.07) is 15.7. The number of H-pyrrole nitrogens is 1. The summed E-state index contributed by atoms with van der Waals surface area (Å²) >= 11 is 0. The summed E-state index contributed by atoms with van der Waals surface area (Å²) in [6.07, 6.45) is 0. The third-order valence-corrected chi connectivity index (χ3v) is 3.82. The number of carbonyl (C=O) groups is 1. The van der Waals surface area contributed by atoms with E-state index in [9.17, 15) is 9.18 Å². The van der Waals surface area contributed by atoms with E-state index in [1.165, 1.54) is 12.1 Å². The first-order chi connectivity index (χ1) is 11.6. The Morgan fingerprint density at radius 2 is 1.83 bits per heavy atom. The number of benzene rings is 2. The zero-order valence-electron chi connectivity index (χ0n) is 13.2. The molecule has 122 valence electrons. The second kappa shape index (κ2) is 7.04. The molecular weight excluding hydrogens is 307 g/mol. The molecule has 0 bridgehead atoms. The van der Waals surface area contributed by atoms with Gasteiger partial charge in [-0.05, 0) is 35.7 Å². The summed E-state index contributed by atoms with van der Waals surface area (Å²) in [5, 5.41) is 13.3. The lowest BCUT2D eigenvalue weighted by atomic mass is 10.0. The standard InChI is InChI=1S/C18H17FN4O/c1-12(13-5-3-2-4-6-13)11-20-18(24)17-16(21-23-22-17)14-7-9-15(19)10-8-14/h2-10,12H,11H2,1H3,(H,20,24)(H,21,22,23)/t12-/m1/s1. The van der Waals surface area contributed by atoms with Gasteiger partial charge in [0.05, 0.1) is 0 Å². The summed E-state index contributed by atoms with van der Waals surface area (Å²) < 4.78 is 13.0. The van der Waals surface area contributed by atoms with Crippen LogP contribution < -0.4 is 5.32 Å². The third-order valence-electron chi connectivity index (χ3n) is 3.82. The topological polar surface area (TPSA) is 70.7 Å². The molecule has 0 radical (unpaired) electrons. The Hall–Kier alpha value is -3.02. The molecule has 3 rings (SSSR count). The highest BCUT2D eigenvalue weighted by molar-refractivity contribution is 5.97. The van der Waals surface area contributed by atoms with Gasteiger partial charge in [0.2, 0.25) is 0 Å². The van der Waals surface area contributed by atoms with Gasteiger partial charge in [0.15, 0.2) is 5.69 Å². The van der Waals surface area contributed by atoms with Gasteiger partial charge in [0.25, 0.3) is 5.91 Å². The quantitative estimate of drug-likeness (QED) is 0.757. The fourth-order valence-corrected chi connectivity index (χ4v) is 2.43. The molecule has 1 heterocycles. The van der Waals surface area contributed by atoms with Crippen LogP contribution in [0.25, 0.3) is 11.3 Å². The number of hydrogen-bond donors (Lipinski definition) is 2. The van der Waals surface area contributed by atoms with E-state index >= 15 is 0 Å². The van der Waals surface area contributed by atoms with Gasteiger partial charge in [0.1, 0.15) is 11.5 Å². The fourth-order valence-electron chi connectivity index (χ4n) is 2.43. The molecule has 1 aromatic heterocycles. The molecule has 1 atom stereocenters. The van der Waals surface area contributed by atoms with Crippen LogP contribution in [0.1, 0.15) is 28.9 Å². The van der Waals surface area contributed by atoms with Crippen molar-refractivity contribution < 1.29 is 9.18 Å². The molecular formula is C18H17FN4O. The molecule has 0 saturated carbocycles. The maximum absolute atomic E-state index is 13.0. The molecule has 0 aliphatic rings. The number of nitrogens with zero attached hydrogens (tertiary/aromatic N) is 2. The summed E-state index contributed by atoms with van der Waals surface area (Å²) in [4.78, 5) is 12.4. The molecule has 0 aliphatic carbocycles. The molecule has 2 aromatic carbocycles. The Balaban J connectivity index is 1.70. The van der Waals surface area contributed by atoms with Crippen molar-refractivity contribution in [1.82, 2.24) is 20.7 Å². The van der Waals surface area contributed by atoms with Crippen LogP contribution in [0, 0.1) is 5.82 Å². The minimum Gasteiger partial charge on any atom is -0.350 e. The largest absolute Gasteiger partial charge is 0.350 e. The van der Waals surface area contributed by atoms with E-state index in [1.54, 1.807) is 12.1 Å². The number of halogens is 1. The predicted molar refractivity (Wildman–Crippen MR) is 89.0 cm³/mol. The summed E-state index contributed by atoms with van der Waals surface area (Å²) in [6.45, 7) is 2.53. The molecule has 2 N–H and O–H groups in total. The van der Waals surface area contributed by atoms with Crippen molar-refractivity contribution in [2.45, 2.75) is 12.8 Å². The van der Waals surface area contributed by atoms with Crippen LogP contribution in [0.4, 0.5) is 4.39 Å². The molecule has 0 aliphatic heterocycles. The molecule has 0 saturated heterocycles. The van der Waals surface area contributed by atoms with Crippen LogP contribution in [0.3, 0.4) is 0 Å². The number of rotatable bonds is 5. The SMILES string of the molecule is C[C@H](CNC(=O)c1n[nH]nc1-c1ccc(F)cc1)c1ccccc1. The lowest BCUT2D eigenvalue weighted by Gasteiger charge is -2.12. The lowest BCUT2D eigenvalue weighted by Crippen LogP contribution is -2.28. The highest BCUT2D eigenvalue weighted by Gasteiger charge is 2.18. The van der Waals surface area contributed by atoms with Crippen molar-refractivity contribution in [3.05, 3.63) is 71.7 Å². The summed E-state index contributed by atoms with van der Waals surface area (Å²) in [5.41, 5.74) is 2.38. The van der Waals surface area contributed by atoms with Crippen molar-refractivity contribution >= 4 is 5.91 Å². The van der Waals surface area contributed by atoms with Crippen LogP contribution in [-0.2, 0) is 0 Å². The van der Waals surface area contributed by atoms with Crippen molar-refractivity contribution in [1.29, 1.82) is 0 Å². The first kappa shape index (κ1) is 15.9. The number of amides is 1. The summed E-state index contributed by atoms with van der Waals surface area (Å²) in [5.74, 6) is -0.480. The zero-order chi connectivity index (χ0) is 16.9. The van der Waals surface area contributed by atoms with Gasteiger partial charge in [-0.1, -0.05) is 37.3 Å². The first-order valence-corrected chi connectivity index (χ1v) is 7.65. The average molecular weight is 324 g/mol. The van der Waals surface area contributed by atoms with Gasteiger partial charge in [0, 0.05) is 12.1 Å². The maximum Gasteiger partial charge on any atom is 0.274 e. The molecule has 1 amide bonds. The Bertz CT molecular complexity index is 815. The van der Waals surface area contributed by atoms with Gasteiger partial charge in [-0.15, -0.1) is 0 Å². The average Bonchev–Trinajstić information content (AvgIpc) is 3.10. The van der Waals surface area contributed by atoms with Gasteiger partial charge in [-0.3, -0.25) is 4.79 Å². The molecule has 0 spiro atoms. The van der Waals surface area contributed by atoms with E-state index in [2.05, 4.69) is 20.7 Å². The Morgan fingerprint density at radius 1 is 1.12 bits per heavy atom. The molecule has 24 heavy (non-hydrogen) atoms. The van der Waals surface area contributed by atoms with Crippen LogP contribution in [0.15, 0.2) is 54.6 Å². The van der Waals surface area contributed by atoms with Gasteiger partial charge < -0.3 is 5.32 Å². The monoisotopic (exact) mass is 324 g/mol. The van der Waals surface area contributed by atoms with Gasteiger partial charge in [-0.25, -0.2) is 4.39 Å². The highest BCUT2D eigenvalue weighted by Crippen LogP contribution is 2.20. The van der Waals surface area contributed by atoms with Crippen LogP contribution in [0.2, 0.25) is 0 Å². The van der Waals surface area contributed by atoms with Crippen LogP contribution in [-0.4, -0.2) is 27.9 Å². The van der Waals surface area contributed by atoms with Crippen molar-refractivity contribution in [3.63, 3.8) is 0 Å². The van der Waals surface area contributed by atoms with Crippen LogP contribution in [0.5, 0.6) is 0 Å². The van der Waals surface area contributed by atoms with Gasteiger partial charge in [-0.2, -0.15) is 15.4 Å². The number of nitrogens with one attached hydrogen (secondary N) is 2. The predicted octanol–water partition coefficient (Wildman–Crippen LogP) is 3.14. The molecule has 6 heteroatoms. The van der Waals surface area contributed by atoms with E-state index in [4.69, 9.17) is 0 Å². The first-order valence-electron chi connectivity index (χ1n) is 7.65. The Morgan fingerprint density at radius 3 is 2.54 bits per heavy atom. The molecule has 0 fully saturated rings. The molecule has 0 unspecified atom stereocenters. The van der Waals surface area contributed by atoms with E-state index in [0.29, 0.717) is 17.8 Å². The third kappa shape index (κ3) is 3.48. The van der Waals surface area contributed by atoms with E-state index in [-0.39, 0.29) is 23.3 Å². The number of hydrogen-bond acceptors (Lipinski definition) is 3. The van der Waals surface area contributed by atoms with Crippen molar-refractivity contribution in [2.24, 2.45) is 0 Å². The summed E-state index contributed by atoms with van der Waals surface area (Å²) in [7, 11) is 0. The second-order valence-corrected chi connectivity index (χ2v) is 5.55. The smallest absolute Gasteiger partial charge is 0.274 e. The van der Waals surface area contributed by atoms with Crippen molar-refractivity contribution in [2.75, 3.05) is 6.54 Å². The second-order valence-electron chi connectivity index (χ2n) is 5.55. The van der Waals surface area contributed by atoms with E-state index < -0.39 is 0 Å². The zero-order valence-corrected chi connectivity index (χ0v) is 13.2.